The van der Waals surface area contributed by atoms with Gasteiger partial charge in [-0.15, -0.1) is 0 Å². The van der Waals surface area contributed by atoms with Crippen LogP contribution in [0.5, 0.6) is 0 Å². The molecule has 174 valence electrons. The summed E-state index contributed by atoms with van der Waals surface area (Å²) in [5.41, 5.74) is 4.19. The number of carbonyl (C=O) groups excluding carboxylic acids is 2. The second-order valence-electron chi connectivity index (χ2n) is 8.20. The van der Waals surface area contributed by atoms with E-state index in [1.165, 1.54) is 6.42 Å². The minimum Gasteiger partial charge on any atom is -0.388 e. The van der Waals surface area contributed by atoms with E-state index in [2.05, 4.69) is 30.6 Å². The molecule has 0 spiro atoms. The number of nitrogens with one attached hydrogen (secondary N) is 3. The number of hydrogen-bond donors (Lipinski definition) is 3. The van der Waals surface area contributed by atoms with Gasteiger partial charge in [-0.3, -0.25) is 14.6 Å². The lowest BCUT2D eigenvalue weighted by Crippen LogP contribution is -2.25. The van der Waals surface area contributed by atoms with Crippen molar-refractivity contribution in [3.63, 3.8) is 0 Å². The first kappa shape index (κ1) is 23.1. The van der Waals surface area contributed by atoms with Crippen LogP contribution in [0.25, 0.3) is 22.4 Å². The third kappa shape index (κ3) is 5.83. The molecule has 1 amide bonds. The zero-order valence-electron chi connectivity index (χ0n) is 19.1. The molecule has 1 aliphatic rings. The van der Waals surface area contributed by atoms with Gasteiger partial charge in [0.1, 0.15) is 17.3 Å². The number of H-pyrrole nitrogens is 1. The summed E-state index contributed by atoms with van der Waals surface area (Å²) in [6.07, 6.45) is 9.50. The first-order chi connectivity index (χ1) is 16.7. The quantitative estimate of drug-likeness (QED) is 0.361. The Kier molecular flexibility index (Phi) is 7.60. The van der Waals surface area contributed by atoms with E-state index in [9.17, 15) is 9.59 Å². The van der Waals surface area contributed by atoms with Gasteiger partial charge in [0, 0.05) is 36.5 Å². The van der Waals surface area contributed by atoms with Gasteiger partial charge in [-0.05, 0) is 49.2 Å². The summed E-state index contributed by atoms with van der Waals surface area (Å²) in [6.45, 7) is 0. The standard InChI is InChI=1S/C20H23N5O.C6H5NO/c1-21-15-9-7-13(8-10-15)19-23-16-11-18(22-12-17(16)24-19)25-20(26)14-5-3-2-4-6-14;8-5-6-3-1-2-4-7-6/h7-12,14,21H,2-6H2,1H3,(H,23,24)(H,22,25,26);1-5H. The maximum atomic E-state index is 12.4. The van der Waals surface area contributed by atoms with Crippen molar-refractivity contribution in [1.29, 1.82) is 0 Å². The first-order valence-electron chi connectivity index (χ1n) is 11.5. The fraction of sp³-hybridized carbons (Fsp3) is 0.269. The van der Waals surface area contributed by atoms with Gasteiger partial charge in [0.15, 0.2) is 6.29 Å². The molecule has 34 heavy (non-hydrogen) atoms. The molecule has 0 radical (unpaired) electrons. The first-order valence-corrected chi connectivity index (χ1v) is 11.5. The number of aromatic nitrogens is 4. The van der Waals surface area contributed by atoms with Gasteiger partial charge < -0.3 is 15.6 Å². The molecule has 4 aromatic rings. The number of aromatic amines is 1. The number of benzene rings is 1. The molecule has 3 N–H and O–H groups in total. The average molecular weight is 457 g/mol. The maximum Gasteiger partial charge on any atom is 0.228 e. The zero-order chi connectivity index (χ0) is 23.8. The smallest absolute Gasteiger partial charge is 0.228 e. The van der Waals surface area contributed by atoms with Crippen LogP contribution in [0, 0.1) is 5.92 Å². The molecular formula is C26H28N6O2. The number of hydrogen-bond acceptors (Lipinski definition) is 6. The SMILES string of the molecule is CNc1ccc(-c2nc3cc(NC(=O)C4CCCCC4)ncc3[nH]2)cc1.O=Cc1ccccn1. The fourth-order valence-corrected chi connectivity index (χ4v) is 3.95. The number of amides is 1. The zero-order valence-corrected chi connectivity index (χ0v) is 19.1. The number of carbonyl (C=O) groups is 2. The summed E-state index contributed by atoms with van der Waals surface area (Å²) in [4.78, 5) is 38.4. The molecule has 1 aliphatic carbocycles. The van der Waals surface area contributed by atoms with Crippen LogP contribution in [0.2, 0.25) is 0 Å². The average Bonchev–Trinajstić information content (AvgIpc) is 3.33. The van der Waals surface area contributed by atoms with Gasteiger partial charge in [-0.2, -0.15) is 0 Å². The predicted octanol–water partition coefficient (Wildman–Crippen LogP) is 5.08. The fourth-order valence-electron chi connectivity index (χ4n) is 3.95. The summed E-state index contributed by atoms with van der Waals surface area (Å²) in [5.74, 6) is 1.55. The molecule has 5 rings (SSSR count). The lowest BCUT2D eigenvalue weighted by molar-refractivity contribution is -0.120. The molecule has 3 aromatic heterocycles. The van der Waals surface area contributed by atoms with Crippen molar-refractivity contribution in [2.75, 3.05) is 17.7 Å². The van der Waals surface area contributed by atoms with Crippen LogP contribution in [-0.4, -0.2) is 39.2 Å². The predicted molar refractivity (Wildman–Crippen MR) is 134 cm³/mol. The summed E-state index contributed by atoms with van der Waals surface area (Å²) in [6, 6.07) is 15.1. The Morgan fingerprint density at radius 1 is 1.06 bits per heavy atom. The van der Waals surface area contributed by atoms with E-state index >= 15 is 0 Å². The van der Waals surface area contributed by atoms with Crippen LogP contribution >= 0.6 is 0 Å². The van der Waals surface area contributed by atoms with Crippen molar-refractivity contribution in [1.82, 2.24) is 19.9 Å². The highest BCUT2D eigenvalue weighted by atomic mass is 16.2. The second-order valence-corrected chi connectivity index (χ2v) is 8.20. The summed E-state index contributed by atoms with van der Waals surface area (Å²) >= 11 is 0. The molecule has 1 fully saturated rings. The summed E-state index contributed by atoms with van der Waals surface area (Å²) in [7, 11) is 1.89. The molecular weight excluding hydrogens is 428 g/mol. The van der Waals surface area contributed by atoms with E-state index in [-0.39, 0.29) is 11.8 Å². The van der Waals surface area contributed by atoms with Crippen molar-refractivity contribution in [3.05, 3.63) is 66.6 Å². The van der Waals surface area contributed by atoms with Crippen LogP contribution < -0.4 is 10.6 Å². The molecule has 1 saturated carbocycles. The van der Waals surface area contributed by atoms with Gasteiger partial charge >= 0.3 is 0 Å². The molecule has 8 heteroatoms. The molecule has 3 heterocycles. The van der Waals surface area contributed by atoms with E-state index < -0.39 is 0 Å². The number of nitrogens with zero attached hydrogens (tertiary/aromatic N) is 3. The van der Waals surface area contributed by atoms with Crippen LogP contribution in [-0.2, 0) is 4.79 Å². The topological polar surface area (TPSA) is 113 Å². The molecule has 0 unspecified atom stereocenters. The number of anilines is 2. The largest absolute Gasteiger partial charge is 0.388 e. The van der Waals surface area contributed by atoms with Gasteiger partial charge in [0.25, 0.3) is 0 Å². The minimum atomic E-state index is 0.0787. The number of pyridine rings is 2. The highest BCUT2D eigenvalue weighted by Gasteiger charge is 2.21. The summed E-state index contributed by atoms with van der Waals surface area (Å²) < 4.78 is 0. The second kappa shape index (κ2) is 11.2. The molecule has 0 saturated heterocycles. The van der Waals surface area contributed by atoms with Gasteiger partial charge in [0.2, 0.25) is 5.91 Å². The molecule has 0 aliphatic heterocycles. The highest BCUT2D eigenvalue weighted by Crippen LogP contribution is 2.26. The van der Waals surface area contributed by atoms with E-state index in [0.29, 0.717) is 11.5 Å². The minimum absolute atomic E-state index is 0.0787. The van der Waals surface area contributed by atoms with Crippen LogP contribution in [0.3, 0.4) is 0 Å². The van der Waals surface area contributed by atoms with Gasteiger partial charge in [-0.25, -0.2) is 9.97 Å². The van der Waals surface area contributed by atoms with Crippen molar-refractivity contribution in [3.8, 4) is 11.4 Å². The van der Waals surface area contributed by atoms with Crippen molar-refractivity contribution in [2.24, 2.45) is 5.92 Å². The maximum absolute atomic E-state index is 12.4. The summed E-state index contributed by atoms with van der Waals surface area (Å²) in [5, 5.41) is 6.06. The van der Waals surface area contributed by atoms with E-state index in [0.717, 1.165) is 60.1 Å². The Morgan fingerprint density at radius 2 is 1.85 bits per heavy atom. The van der Waals surface area contributed by atoms with Crippen LogP contribution in [0.1, 0.15) is 42.6 Å². The lowest BCUT2D eigenvalue weighted by Gasteiger charge is -2.20. The van der Waals surface area contributed by atoms with Gasteiger partial charge in [0.05, 0.1) is 17.2 Å². The molecule has 1 aromatic carbocycles. The lowest BCUT2D eigenvalue weighted by atomic mass is 9.89. The molecule has 8 nitrogen and oxygen atoms in total. The monoisotopic (exact) mass is 456 g/mol. The van der Waals surface area contributed by atoms with E-state index in [1.54, 1.807) is 30.6 Å². The normalized spacial score (nSPS) is 13.6. The number of imidazole rings is 1. The molecule has 0 atom stereocenters. The van der Waals surface area contributed by atoms with Crippen LogP contribution in [0.4, 0.5) is 11.5 Å². The Labute approximate surface area is 198 Å². The Morgan fingerprint density at radius 3 is 2.50 bits per heavy atom. The van der Waals surface area contributed by atoms with Crippen molar-refractivity contribution in [2.45, 2.75) is 32.1 Å². The third-order valence-corrected chi connectivity index (χ3v) is 5.85. The van der Waals surface area contributed by atoms with Gasteiger partial charge in [-0.1, -0.05) is 25.3 Å². The van der Waals surface area contributed by atoms with E-state index in [1.807, 2.05) is 37.4 Å². The van der Waals surface area contributed by atoms with Crippen LogP contribution in [0.15, 0.2) is 60.9 Å². The molecule has 0 bridgehead atoms. The number of aldehydes is 1. The highest BCUT2D eigenvalue weighted by molar-refractivity contribution is 5.93. The Balaban J connectivity index is 0.000000291. The Hall–Kier alpha value is -4.07. The van der Waals surface area contributed by atoms with Crippen molar-refractivity contribution < 1.29 is 9.59 Å². The third-order valence-electron chi connectivity index (χ3n) is 5.85. The van der Waals surface area contributed by atoms with E-state index in [4.69, 9.17) is 0 Å². The van der Waals surface area contributed by atoms with Crippen molar-refractivity contribution >= 4 is 34.7 Å². The number of rotatable bonds is 5. The Bertz CT molecular complexity index is 1230. The number of fused-ring (bicyclic) bond motifs is 1.